The zero-order chi connectivity index (χ0) is 76.4. The van der Waals surface area contributed by atoms with Crippen molar-refractivity contribution in [2.45, 2.75) is 0 Å². The molecule has 0 bridgehead atoms. The summed E-state index contributed by atoms with van der Waals surface area (Å²) in [5.74, 6) is 0. The quantitative estimate of drug-likeness (QED) is 0.0906. The lowest BCUT2D eigenvalue weighted by molar-refractivity contribution is 1.18. The normalized spacial score (nSPS) is 11.0. The highest BCUT2D eigenvalue weighted by molar-refractivity contribution is 14.1. The van der Waals surface area contributed by atoms with Crippen LogP contribution in [0.2, 0.25) is 0 Å². The van der Waals surface area contributed by atoms with E-state index < -0.39 is 0 Å². The summed E-state index contributed by atoms with van der Waals surface area (Å²) in [6.45, 7) is 0. The summed E-state index contributed by atoms with van der Waals surface area (Å²) in [7, 11) is 0. The number of rotatable bonds is 11. The van der Waals surface area contributed by atoms with E-state index in [2.05, 4.69) is 495 Å². The highest BCUT2D eigenvalue weighted by Crippen LogP contribution is 2.42. The average molecular weight is 1860 g/mol. The van der Waals surface area contributed by atoms with Crippen LogP contribution in [0.1, 0.15) is 0 Å². The third-order valence-corrected chi connectivity index (χ3v) is 21.9. The predicted molar refractivity (Wildman–Crippen MR) is 509 cm³/mol. The molecule has 0 radical (unpaired) electrons. The number of aromatic nitrogens is 3. The first kappa shape index (κ1) is 75.1. The van der Waals surface area contributed by atoms with Crippen LogP contribution < -0.4 is 0 Å². The molecule has 17 aromatic carbocycles. The van der Waals surface area contributed by atoms with Crippen LogP contribution in [-0.4, -0.2) is 23.6 Å². The monoisotopic (exact) mass is 1860 g/mol. The Morgan fingerprint density at radius 3 is 0.518 bits per heavy atom. The Balaban J connectivity index is 0.000000156. The average Bonchev–Trinajstić information content (AvgIpc) is 1.61. The summed E-state index contributed by atoms with van der Waals surface area (Å²) >= 11 is 15.0. The lowest BCUT2D eigenvalue weighted by Crippen LogP contribution is -1.94. The maximum atomic E-state index is 3.70. The number of hydrogen-bond donors (Lipinski definition) is 0. The molecule has 0 aliphatic heterocycles. The van der Waals surface area contributed by atoms with E-state index in [0.717, 1.165) is 24.8 Å². The van der Waals surface area contributed by atoms with Crippen LogP contribution in [0.5, 0.6) is 0 Å². The molecular formula is C104H74Br3I2N3. The summed E-state index contributed by atoms with van der Waals surface area (Å²) < 4.78 is 10.4. The zero-order valence-electron chi connectivity index (χ0n) is 61.5. The van der Waals surface area contributed by atoms with Crippen LogP contribution in [-0.2, 0) is 0 Å². The lowest BCUT2D eigenvalue weighted by Gasteiger charge is -2.15. The first-order chi connectivity index (χ1) is 55.3. The molecule has 0 aliphatic carbocycles. The van der Waals surface area contributed by atoms with Crippen molar-refractivity contribution in [1.29, 1.82) is 0 Å². The Morgan fingerprint density at radius 1 is 0.152 bits per heavy atom. The minimum Gasteiger partial charge on any atom is -0.309 e. The van der Waals surface area contributed by atoms with Crippen LogP contribution in [0.4, 0.5) is 0 Å². The topological polar surface area (TPSA) is 14.8 Å². The van der Waals surface area contributed by atoms with Crippen molar-refractivity contribution in [3.63, 3.8) is 0 Å². The van der Waals surface area contributed by atoms with Crippen molar-refractivity contribution in [2.24, 2.45) is 0 Å². The molecular weight excluding hydrogens is 1780 g/mol. The fraction of sp³-hybridized carbons (Fsp3) is 0.0192. The van der Waals surface area contributed by atoms with E-state index in [0.29, 0.717) is 0 Å². The second-order valence-electron chi connectivity index (χ2n) is 27.2. The van der Waals surface area contributed by atoms with Crippen LogP contribution in [0, 0.1) is 0 Å². The molecule has 112 heavy (non-hydrogen) atoms. The van der Waals surface area contributed by atoms with Gasteiger partial charge in [-0.3, -0.25) is 0 Å². The zero-order valence-corrected chi connectivity index (χ0v) is 70.6. The molecule has 0 unspecified atom stereocenters. The van der Waals surface area contributed by atoms with Gasteiger partial charge in [0.15, 0.2) is 0 Å². The summed E-state index contributed by atoms with van der Waals surface area (Å²) in [5.41, 5.74) is 29.9. The van der Waals surface area contributed by atoms with E-state index in [1.165, 1.54) is 160 Å². The first-order valence-corrected chi connectivity index (χ1v) is 43.8. The molecule has 3 aromatic heterocycles. The largest absolute Gasteiger partial charge is 0.309 e. The molecule has 0 aliphatic rings. The van der Waals surface area contributed by atoms with Crippen molar-refractivity contribution in [3.05, 3.63) is 426 Å². The van der Waals surface area contributed by atoms with Gasteiger partial charge in [0.05, 0.1) is 33.1 Å². The van der Waals surface area contributed by atoms with Crippen molar-refractivity contribution in [2.75, 3.05) is 9.86 Å². The van der Waals surface area contributed by atoms with Gasteiger partial charge in [-0.15, -0.1) is 0 Å². The van der Waals surface area contributed by atoms with Gasteiger partial charge in [0.2, 0.25) is 0 Å². The Kier molecular flexibility index (Phi) is 23.3. The molecule has 0 atom stereocenters. The van der Waals surface area contributed by atoms with Gasteiger partial charge in [0, 0.05) is 62.8 Å². The smallest absolute Gasteiger partial charge is 0.0541 e. The molecule has 0 fully saturated rings. The highest BCUT2D eigenvalue weighted by atomic mass is 127. The van der Waals surface area contributed by atoms with Crippen molar-refractivity contribution >= 4 is 158 Å². The third-order valence-electron chi connectivity index (χ3n) is 20.5. The second-order valence-corrected chi connectivity index (χ2v) is 29.9. The minimum atomic E-state index is 1.08. The molecule has 3 heterocycles. The van der Waals surface area contributed by atoms with E-state index in [9.17, 15) is 0 Å². The summed E-state index contributed by atoms with van der Waals surface area (Å²) in [6.07, 6.45) is 0. The van der Waals surface area contributed by atoms with Crippen molar-refractivity contribution < 1.29 is 0 Å². The minimum absolute atomic E-state index is 1.08. The molecule has 540 valence electrons. The number of alkyl halides is 2. The third kappa shape index (κ3) is 15.9. The Morgan fingerprint density at radius 2 is 0.304 bits per heavy atom. The Hall–Kier alpha value is -11.0. The predicted octanol–water partition coefficient (Wildman–Crippen LogP) is 32.1. The number of nitrogens with zero attached hydrogens (tertiary/aromatic N) is 3. The highest BCUT2D eigenvalue weighted by Gasteiger charge is 2.18. The Labute approximate surface area is 706 Å². The van der Waals surface area contributed by atoms with E-state index in [1.54, 1.807) is 0 Å². The van der Waals surface area contributed by atoms with Gasteiger partial charge >= 0.3 is 0 Å². The molecule has 0 saturated heterocycles. The fourth-order valence-electron chi connectivity index (χ4n) is 15.4. The van der Waals surface area contributed by atoms with E-state index in [4.69, 9.17) is 0 Å². The number of hydrogen-bond acceptors (Lipinski definition) is 0. The fourth-order valence-corrected chi connectivity index (χ4v) is 17.2. The second kappa shape index (κ2) is 34.8. The van der Waals surface area contributed by atoms with Crippen LogP contribution in [0.25, 0.3) is 171 Å². The van der Waals surface area contributed by atoms with Crippen LogP contribution in [0.3, 0.4) is 0 Å². The van der Waals surface area contributed by atoms with E-state index >= 15 is 0 Å². The molecule has 3 nitrogen and oxygen atoms in total. The molecule has 8 heteroatoms. The molecule has 0 N–H and O–H groups in total. The van der Waals surface area contributed by atoms with Gasteiger partial charge in [0.1, 0.15) is 0 Å². The molecule has 0 saturated carbocycles. The van der Waals surface area contributed by atoms with Crippen molar-refractivity contribution in [3.8, 4) is 106 Å². The number of para-hydroxylation sites is 6. The maximum absolute atomic E-state index is 3.70. The van der Waals surface area contributed by atoms with E-state index in [-0.39, 0.29) is 0 Å². The SMILES string of the molecule is Brc1cc(-c2ccccc2)cc(-c2ccc(-n3c4ccccc4c4ccccc43)cc2)c1.Brc1cc(Br)cc(-c2ccccc2)c1.CI.CI.c1ccc(-c2cc(-c3ccc(-n4c5ccccc5c5ccccc54)cc3)cc(-c3cc(-c4ccccc4)cc(-c4ccc(-n5c6ccccc6c6ccccc65)cc4)c3)c2)cc1. The maximum Gasteiger partial charge on any atom is 0.0541 e. The number of halogens is 5. The van der Waals surface area contributed by atoms with Gasteiger partial charge in [-0.05, 0) is 244 Å². The van der Waals surface area contributed by atoms with Gasteiger partial charge in [0.25, 0.3) is 0 Å². The van der Waals surface area contributed by atoms with Crippen LogP contribution in [0.15, 0.2) is 426 Å². The number of benzene rings is 17. The number of fused-ring (bicyclic) bond motifs is 9. The summed E-state index contributed by atoms with van der Waals surface area (Å²) in [6, 6.07) is 148. The van der Waals surface area contributed by atoms with Gasteiger partial charge in [-0.25, -0.2) is 0 Å². The lowest BCUT2D eigenvalue weighted by atomic mass is 9.90. The van der Waals surface area contributed by atoms with Crippen molar-refractivity contribution in [1.82, 2.24) is 13.7 Å². The molecule has 0 amide bonds. The standard InChI is InChI=1S/C60H40N2.C30H20BrN.C12H8Br2.2CH3I/c1-3-15-41(16-4-1)45-35-47(43-27-31-51(32-28-43)61-57-23-11-7-19-53(57)54-20-8-12-24-58(54)61)39-49(37-45)50-38-46(42-17-5-2-6-18-42)36-48(40-50)44-29-33-52(34-30-44)62-59-25-13-9-21-55(59)56-22-10-14-26-60(56)62;31-25-19-23(21-8-2-1-3-9-21)18-24(20-25)22-14-16-26(17-15-22)32-29-12-6-4-10-27(29)28-11-5-7-13-30(28)32;13-11-6-10(7-12(14)8-11)9-4-2-1-3-5-9;2*1-2/h1-40H;1-20H;1-8H;2*1H3. The first-order valence-electron chi connectivity index (χ1n) is 37.1. The van der Waals surface area contributed by atoms with Gasteiger partial charge < -0.3 is 13.7 Å². The molecule has 0 spiro atoms. The van der Waals surface area contributed by atoms with Gasteiger partial charge in [-0.1, -0.05) is 360 Å². The van der Waals surface area contributed by atoms with Gasteiger partial charge in [-0.2, -0.15) is 0 Å². The summed E-state index contributed by atoms with van der Waals surface area (Å²) in [5, 5.41) is 7.64. The van der Waals surface area contributed by atoms with Crippen LogP contribution >= 0.6 is 93.0 Å². The summed E-state index contributed by atoms with van der Waals surface area (Å²) in [4.78, 5) is 3.94. The van der Waals surface area contributed by atoms with E-state index in [1.807, 2.05) is 34.1 Å². The Bertz CT molecular complexity index is 6250. The molecule has 20 rings (SSSR count). The molecule has 20 aromatic rings.